The summed E-state index contributed by atoms with van der Waals surface area (Å²) in [7, 11) is 0. The van der Waals surface area contributed by atoms with E-state index in [1.54, 1.807) is 0 Å². The van der Waals surface area contributed by atoms with Crippen LogP contribution in [-0.2, 0) is 19.6 Å². The minimum absolute atomic E-state index is 0.585. The summed E-state index contributed by atoms with van der Waals surface area (Å²) in [5.74, 6) is 6.61. The highest BCUT2D eigenvalue weighted by molar-refractivity contribution is 5.85. The lowest BCUT2D eigenvalue weighted by molar-refractivity contribution is 0.696. The van der Waals surface area contributed by atoms with Crippen LogP contribution >= 0.6 is 0 Å². The van der Waals surface area contributed by atoms with Crippen LogP contribution in [0.3, 0.4) is 0 Å². The zero-order chi connectivity index (χ0) is 21.5. The molecule has 2 aromatic heterocycles. The van der Waals surface area contributed by atoms with E-state index in [1.807, 2.05) is 31.3 Å². The van der Waals surface area contributed by atoms with Crippen LogP contribution in [0.1, 0.15) is 29.4 Å². The maximum Gasteiger partial charge on any atom is 0.0931 e. The van der Waals surface area contributed by atoms with E-state index in [2.05, 4.69) is 87.5 Å². The van der Waals surface area contributed by atoms with Gasteiger partial charge in [0.2, 0.25) is 0 Å². The normalized spacial score (nSPS) is 10.6. The molecule has 0 atom stereocenters. The predicted octanol–water partition coefficient (Wildman–Crippen LogP) is 5.12. The lowest BCUT2D eigenvalue weighted by atomic mass is 10.1. The van der Waals surface area contributed by atoms with Crippen molar-refractivity contribution >= 4 is 16.6 Å². The average molecular weight is 409 g/mol. The van der Waals surface area contributed by atoms with Crippen molar-refractivity contribution < 1.29 is 0 Å². The summed E-state index contributed by atoms with van der Waals surface area (Å²) < 4.78 is 2.29. The summed E-state index contributed by atoms with van der Waals surface area (Å²) in [5, 5.41) is 8.15. The van der Waals surface area contributed by atoms with Crippen LogP contribution in [0.4, 0.5) is 5.69 Å². The van der Waals surface area contributed by atoms with E-state index in [1.165, 1.54) is 22.0 Å². The van der Waals surface area contributed by atoms with E-state index in [-0.39, 0.29) is 0 Å². The van der Waals surface area contributed by atoms with Gasteiger partial charge >= 0.3 is 0 Å². The molecule has 2 heterocycles. The maximum atomic E-state index is 4.30. The topological polar surface area (TPSA) is 41.9 Å². The largest absolute Gasteiger partial charge is 0.373 e. The smallest absolute Gasteiger partial charge is 0.0931 e. The fourth-order valence-corrected chi connectivity index (χ4v) is 3.74. The third kappa shape index (κ3) is 5.14. The fraction of sp³-hybridized carbons (Fsp3) is 0.222. The van der Waals surface area contributed by atoms with Crippen molar-refractivity contribution in [3.63, 3.8) is 0 Å². The third-order valence-corrected chi connectivity index (χ3v) is 5.35. The number of nitrogens with one attached hydrogen (secondary N) is 2. The molecule has 0 aliphatic heterocycles. The molecule has 4 rings (SSSR count). The third-order valence-electron chi connectivity index (χ3n) is 5.35. The highest BCUT2D eigenvalue weighted by Crippen LogP contribution is 2.23. The van der Waals surface area contributed by atoms with Gasteiger partial charge in [-0.25, -0.2) is 0 Å². The molecule has 0 spiro atoms. The quantitative estimate of drug-likeness (QED) is 0.417. The lowest BCUT2D eigenvalue weighted by Crippen LogP contribution is -2.12. The summed E-state index contributed by atoms with van der Waals surface area (Å²) in [4.78, 5) is 4.30. The number of aromatic nitrogens is 2. The summed E-state index contributed by atoms with van der Waals surface area (Å²) in [6.45, 7) is 7.32. The van der Waals surface area contributed by atoms with Crippen LogP contribution < -0.4 is 10.6 Å². The monoisotopic (exact) mass is 408 g/mol. The Morgan fingerprint density at radius 3 is 2.61 bits per heavy atom. The fourth-order valence-electron chi connectivity index (χ4n) is 3.74. The summed E-state index contributed by atoms with van der Waals surface area (Å²) in [6, 6.07) is 23.3. The zero-order valence-electron chi connectivity index (χ0n) is 18.2. The molecule has 0 radical (unpaired) electrons. The zero-order valence-corrected chi connectivity index (χ0v) is 18.2. The number of pyridine rings is 1. The van der Waals surface area contributed by atoms with Crippen molar-refractivity contribution in [2.45, 2.75) is 33.5 Å². The van der Waals surface area contributed by atoms with Crippen molar-refractivity contribution in [2.75, 3.05) is 11.9 Å². The number of hydrogen-bond acceptors (Lipinski definition) is 3. The van der Waals surface area contributed by atoms with Crippen molar-refractivity contribution in [3.05, 3.63) is 95.4 Å². The van der Waals surface area contributed by atoms with Crippen LogP contribution in [0.15, 0.2) is 72.9 Å². The molecular formula is C27H28N4. The van der Waals surface area contributed by atoms with E-state index in [4.69, 9.17) is 0 Å². The van der Waals surface area contributed by atoms with Crippen molar-refractivity contribution in [1.29, 1.82) is 0 Å². The Hall–Kier alpha value is -3.55. The van der Waals surface area contributed by atoms with Crippen LogP contribution in [0.25, 0.3) is 10.9 Å². The summed E-state index contributed by atoms with van der Waals surface area (Å²) in [5.41, 5.74) is 6.88. The minimum atomic E-state index is 0.585. The highest BCUT2D eigenvalue weighted by atomic mass is 15.0. The Kier molecular flexibility index (Phi) is 6.66. The molecule has 4 aromatic rings. The highest BCUT2D eigenvalue weighted by Gasteiger charge is 2.09. The Bertz CT molecular complexity index is 1200. The van der Waals surface area contributed by atoms with E-state index in [9.17, 15) is 0 Å². The molecule has 2 N–H and O–H groups in total. The molecule has 31 heavy (non-hydrogen) atoms. The van der Waals surface area contributed by atoms with E-state index in [0.717, 1.165) is 36.7 Å². The molecule has 0 unspecified atom stereocenters. The molecule has 0 fully saturated rings. The van der Waals surface area contributed by atoms with E-state index < -0.39 is 0 Å². The number of nitrogens with zero attached hydrogens (tertiary/aromatic N) is 2. The first kappa shape index (κ1) is 20.7. The minimum Gasteiger partial charge on any atom is -0.373 e. The van der Waals surface area contributed by atoms with Crippen LogP contribution in [0, 0.1) is 18.8 Å². The molecule has 0 amide bonds. The number of aryl methyl sites for hydroxylation is 2. The van der Waals surface area contributed by atoms with Gasteiger partial charge in [0.05, 0.1) is 24.1 Å². The van der Waals surface area contributed by atoms with Crippen molar-refractivity contribution in [1.82, 2.24) is 14.9 Å². The first-order valence-corrected chi connectivity index (χ1v) is 10.8. The van der Waals surface area contributed by atoms with Crippen molar-refractivity contribution in [2.24, 2.45) is 0 Å². The van der Waals surface area contributed by atoms with Gasteiger partial charge in [0, 0.05) is 36.2 Å². The van der Waals surface area contributed by atoms with Gasteiger partial charge in [-0.3, -0.25) is 4.98 Å². The van der Waals surface area contributed by atoms with Gasteiger partial charge in [-0.15, -0.1) is 0 Å². The number of rotatable bonds is 7. The molecule has 4 nitrogen and oxygen atoms in total. The molecule has 0 bridgehead atoms. The molecule has 0 saturated carbocycles. The van der Waals surface area contributed by atoms with Crippen LogP contribution in [0.5, 0.6) is 0 Å². The SMILES string of the molecule is CCn1c(C#CCNc2ccc(C)nc2)cc2c(CNCc3ccccc3)cccc21. The second kappa shape index (κ2) is 9.97. The van der Waals surface area contributed by atoms with Crippen molar-refractivity contribution in [3.8, 4) is 11.8 Å². The standard InChI is InChI=1S/C27H28N4/c1-3-31-25(12-8-16-29-24-15-14-21(2)30-20-24)17-26-23(11-7-13-27(26)31)19-28-18-22-9-5-4-6-10-22/h4-7,9-11,13-15,17,20,28-29H,3,16,18-19H2,1-2H3. The second-order valence-corrected chi connectivity index (χ2v) is 7.56. The first-order chi connectivity index (χ1) is 15.2. The summed E-state index contributed by atoms with van der Waals surface area (Å²) in [6.07, 6.45) is 1.84. The van der Waals surface area contributed by atoms with Gasteiger partial charge in [-0.05, 0) is 55.2 Å². The predicted molar refractivity (Wildman–Crippen MR) is 129 cm³/mol. The lowest BCUT2D eigenvalue weighted by Gasteiger charge is -2.08. The molecular weight excluding hydrogens is 380 g/mol. The molecule has 2 aromatic carbocycles. The molecule has 156 valence electrons. The second-order valence-electron chi connectivity index (χ2n) is 7.56. The Morgan fingerprint density at radius 2 is 1.84 bits per heavy atom. The number of benzene rings is 2. The van der Waals surface area contributed by atoms with Gasteiger partial charge < -0.3 is 15.2 Å². The number of anilines is 1. The van der Waals surface area contributed by atoms with Gasteiger partial charge in [0.25, 0.3) is 0 Å². The van der Waals surface area contributed by atoms with E-state index in [0.29, 0.717) is 6.54 Å². The average Bonchev–Trinajstić information content (AvgIpc) is 3.17. The number of hydrogen-bond donors (Lipinski definition) is 2. The molecule has 0 saturated heterocycles. The van der Waals surface area contributed by atoms with Gasteiger partial charge in [0.1, 0.15) is 0 Å². The molecule has 0 aliphatic rings. The van der Waals surface area contributed by atoms with Gasteiger partial charge in [-0.2, -0.15) is 0 Å². The van der Waals surface area contributed by atoms with Crippen LogP contribution in [-0.4, -0.2) is 16.1 Å². The molecule has 0 aliphatic carbocycles. The Labute approximate surface area is 184 Å². The first-order valence-electron chi connectivity index (χ1n) is 10.8. The van der Waals surface area contributed by atoms with E-state index >= 15 is 0 Å². The molecule has 4 heteroatoms. The van der Waals surface area contributed by atoms with Gasteiger partial charge in [0.15, 0.2) is 0 Å². The summed E-state index contributed by atoms with van der Waals surface area (Å²) >= 11 is 0. The Balaban J connectivity index is 1.48. The Morgan fingerprint density at radius 1 is 0.968 bits per heavy atom. The van der Waals surface area contributed by atoms with Crippen LogP contribution in [0.2, 0.25) is 0 Å². The maximum absolute atomic E-state index is 4.30. The van der Waals surface area contributed by atoms with Gasteiger partial charge in [-0.1, -0.05) is 48.4 Å². The number of fused-ring (bicyclic) bond motifs is 1.